The summed E-state index contributed by atoms with van der Waals surface area (Å²) in [6.07, 6.45) is 0. The topological polar surface area (TPSA) is 0 Å². The van der Waals surface area contributed by atoms with Gasteiger partial charge in [0.05, 0.1) is 0 Å². The molecule has 18 aromatic carbocycles. The molecular weight excluding hydrogens is 1300 g/mol. The summed E-state index contributed by atoms with van der Waals surface area (Å²) >= 11 is 0. The highest BCUT2D eigenvalue weighted by molar-refractivity contribution is 6.18. The highest BCUT2D eigenvalue weighted by Gasteiger charge is 2.32. The van der Waals surface area contributed by atoms with Crippen LogP contribution in [0.15, 0.2) is 449 Å². The number of rotatable bonds is 17. The molecule has 0 aliphatic heterocycles. The van der Waals surface area contributed by atoms with Gasteiger partial charge in [0.1, 0.15) is 0 Å². The van der Waals surface area contributed by atoms with Gasteiger partial charge >= 0.3 is 0 Å². The van der Waals surface area contributed by atoms with Crippen molar-refractivity contribution in [2.75, 3.05) is 0 Å². The Labute approximate surface area is 633 Å². The summed E-state index contributed by atoms with van der Waals surface area (Å²) in [6.45, 7) is 0. The summed E-state index contributed by atoms with van der Waals surface area (Å²) in [4.78, 5) is 0. The lowest BCUT2D eigenvalue weighted by Crippen LogP contribution is -2.02. The van der Waals surface area contributed by atoms with Crippen molar-refractivity contribution in [3.05, 3.63) is 449 Å². The molecule has 0 saturated carbocycles. The van der Waals surface area contributed by atoms with E-state index in [-0.39, 0.29) is 0 Å². The average Bonchev–Trinajstić information content (AvgIpc) is 0.719. The van der Waals surface area contributed by atoms with E-state index in [4.69, 9.17) is 0 Å². The molecule has 0 aromatic heterocycles. The monoisotopic (exact) mass is 1370 g/mol. The zero-order chi connectivity index (χ0) is 72.0. The summed E-state index contributed by atoms with van der Waals surface area (Å²) in [6, 6.07) is 166. The van der Waals surface area contributed by atoms with E-state index >= 15 is 0 Å². The first kappa shape index (κ1) is 65.9. The first-order valence-electron chi connectivity index (χ1n) is 37.3. The highest BCUT2D eigenvalue weighted by Crippen LogP contribution is 2.59. The predicted octanol–water partition coefficient (Wildman–Crippen LogP) is 30.0. The predicted molar refractivity (Wildman–Crippen MR) is 459 cm³/mol. The first-order chi connectivity index (χ1) is 53.6. The maximum atomic E-state index is 2.44. The Bertz CT molecular complexity index is 5630. The number of hydrogen-bond acceptors (Lipinski definition) is 0. The van der Waals surface area contributed by atoms with Crippen molar-refractivity contribution in [1.29, 1.82) is 0 Å². The highest BCUT2D eigenvalue weighted by atomic mass is 14.3. The molecule has 0 heterocycles. The van der Waals surface area contributed by atoms with Crippen LogP contribution >= 0.6 is 0 Å². The van der Waals surface area contributed by atoms with Crippen molar-refractivity contribution >= 4 is 0 Å². The number of hydrogen-bond donors (Lipinski definition) is 0. The second-order valence-corrected chi connectivity index (χ2v) is 27.6. The zero-order valence-electron chi connectivity index (χ0n) is 59.7. The molecule has 0 saturated heterocycles. The van der Waals surface area contributed by atoms with Crippen LogP contribution in [0.5, 0.6) is 0 Å². The van der Waals surface area contributed by atoms with Crippen LogP contribution in [0.25, 0.3) is 189 Å². The van der Waals surface area contributed by atoms with Gasteiger partial charge in [-0.05, 0) is 226 Å². The lowest BCUT2D eigenvalue weighted by atomic mass is 9.73. The lowest BCUT2D eigenvalue weighted by molar-refractivity contribution is 1.50. The molecule has 0 fully saturated rings. The minimum Gasteiger partial charge on any atom is -0.0622 e. The van der Waals surface area contributed by atoms with Crippen molar-refractivity contribution in [3.8, 4) is 189 Å². The van der Waals surface area contributed by atoms with Crippen LogP contribution in [-0.4, -0.2) is 0 Å². The van der Waals surface area contributed by atoms with Crippen molar-refractivity contribution in [2.45, 2.75) is 0 Å². The fourth-order valence-electron chi connectivity index (χ4n) is 16.2. The van der Waals surface area contributed by atoms with E-state index in [0.717, 1.165) is 156 Å². The number of benzene rings is 18. The molecule has 0 heteroatoms. The molecule has 0 aliphatic carbocycles. The third-order valence-corrected chi connectivity index (χ3v) is 21.1. The summed E-state index contributed by atoms with van der Waals surface area (Å²) in [7, 11) is 0. The molecule has 18 rings (SSSR count). The van der Waals surface area contributed by atoms with E-state index in [2.05, 4.69) is 449 Å². The van der Waals surface area contributed by atoms with Crippen molar-refractivity contribution in [1.82, 2.24) is 0 Å². The fraction of sp³-hybridized carbons (Fsp3) is 0. The Morgan fingerprint density at radius 3 is 0.306 bits per heavy atom. The normalized spacial score (nSPS) is 11.1. The van der Waals surface area contributed by atoms with E-state index in [9.17, 15) is 0 Å². The van der Waals surface area contributed by atoms with E-state index < -0.39 is 0 Å². The molecule has 0 atom stereocenters. The van der Waals surface area contributed by atoms with Crippen LogP contribution < -0.4 is 0 Å². The minimum atomic E-state index is 1.11. The van der Waals surface area contributed by atoms with Crippen LogP contribution in [0.3, 0.4) is 0 Å². The van der Waals surface area contributed by atoms with Gasteiger partial charge in [-0.2, -0.15) is 0 Å². The maximum Gasteiger partial charge on any atom is -0.00134 e. The second-order valence-electron chi connectivity index (χ2n) is 27.6. The zero-order valence-corrected chi connectivity index (χ0v) is 59.7. The first-order valence-corrected chi connectivity index (χ1v) is 37.3. The van der Waals surface area contributed by atoms with Crippen LogP contribution in [-0.2, 0) is 0 Å². The van der Waals surface area contributed by atoms with Gasteiger partial charge in [-0.1, -0.05) is 413 Å². The molecular formula is C108H74. The summed E-state index contributed by atoms with van der Waals surface area (Å²) in [5.74, 6) is 0. The molecule has 0 nitrogen and oxygen atoms in total. The summed E-state index contributed by atoms with van der Waals surface area (Å²) in [5, 5.41) is 0. The van der Waals surface area contributed by atoms with Crippen molar-refractivity contribution in [2.24, 2.45) is 0 Å². The minimum absolute atomic E-state index is 1.11. The smallest absolute Gasteiger partial charge is 0.00134 e. The van der Waals surface area contributed by atoms with Gasteiger partial charge in [-0.15, -0.1) is 0 Å². The Balaban J connectivity index is 0.912. The molecule has 506 valence electrons. The Morgan fingerprint density at radius 2 is 0.157 bits per heavy atom. The van der Waals surface area contributed by atoms with Gasteiger partial charge in [0.2, 0.25) is 0 Å². The molecule has 0 unspecified atom stereocenters. The fourth-order valence-corrected chi connectivity index (χ4v) is 16.2. The molecule has 0 bridgehead atoms. The third-order valence-electron chi connectivity index (χ3n) is 21.1. The van der Waals surface area contributed by atoms with Gasteiger partial charge in [-0.25, -0.2) is 0 Å². The lowest BCUT2D eigenvalue weighted by Gasteiger charge is -2.29. The van der Waals surface area contributed by atoms with Crippen LogP contribution in [0.4, 0.5) is 0 Å². The quantitative estimate of drug-likeness (QED) is 0.0852. The summed E-state index contributed by atoms with van der Waals surface area (Å²) in [5.41, 5.74) is 38.9. The van der Waals surface area contributed by atoms with Gasteiger partial charge < -0.3 is 0 Å². The van der Waals surface area contributed by atoms with E-state index in [1.807, 2.05) is 0 Å². The van der Waals surface area contributed by atoms with Gasteiger partial charge in [0, 0.05) is 0 Å². The van der Waals surface area contributed by atoms with Crippen molar-refractivity contribution in [3.63, 3.8) is 0 Å². The van der Waals surface area contributed by atoms with E-state index in [1.165, 1.54) is 33.4 Å². The van der Waals surface area contributed by atoms with Gasteiger partial charge in [0.25, 0.3) is 0 Å². The van der Waals surface area contributed by atoms with Gasteiger partial charge in [-0.3, -0.25) is 0 Å². The molecule has 0 radical (unpaired) electrons. The van der Waals surface area contributed by atoms with Gasteiger partial charge in [0.15, 0.2) is 0 Å². The molecule has 0 amide bonds. The Morgan fingerprint density at radius 1 is 0.0648 bits per heavy atom. The van der Waals surface area contributed by atoms with E-state index in [1.54, 1.807) is 0 Å². The van der Waals surface area contributed by atoms with Crippen LogP contribution in [0, 0.1) is 0 Å². The van der Waals surface area contributed by atoms with Crippen molar-refractivity contribution < 1.29 is 0 Å². The standard InChI is InChI=1S/C108H74/c1-13-37-75(38-14-1)91-69-92(76-39-15-2-16-40-76)72-95(71-91)107-103(87-57-33-11-34-58-87)99(83-49-25-7-26-50-83)97(81-45-21-5-22-46-81)101(85-53-29-9-30-54-85)105(107)89-65-61-79(62-66-89)80-63-67-90(68-64-80)106-102(86-55-31-10-32-56-86)98(82-47-23-6-24-48-82)100(84-51-27-8-28-52-84)104(88-59-35-12-36-60-88)108(106)96-73-93(77-41-17-3-18-42-77)70-94(74-96)78-43-19-4-20-44-78/h1-74H. The molecule has 108 heavy (non-hydrogen) atoms. The SMILES string of the molecule is c1ccc(-c2cc(-c3ccccc3)cc(-c3c(-c4ccccc4)c(-c4ccccc4)c(-c4ccccc4)c(-c4ccccc4)c3-c3ccc(-c4ccc(-c5c(-c6ccccc6)c(-c6ccccc6)c(-c6ccccc6)c(-c6ccccc6)c5-c5cc(-c6ccccc6)cc(-c6ccccc6)c5)cc4)cc3)c2)cc1. The summed E-state index contributed by atoms with van der Waals surface area (Å²) < 4.78 is 0. The molecule has 18 aromatic rings. The molecule has 0 N–H and O–H groups in total. The largest absolute Gasteiger partial charge is 0.0622 e. The Kier molecular flexibility index (Phi) is 18.3. The second kappa shape index (κ2) is 30.0. The average molecular weight is 1370 g/mol. The third kappa shape index (κ3) is 13.0. The Hall–Kier alpha value is -14.0. The molecule has 0 aliphatic rings. The van der Waals surface area contributed by atoms with Crippen LogP contribution in [0.2, 0.25) is 0 Å². The van der Waals surface area contributed by atoms with Crippen LogP contribution in [0.1, 0.15) is 0 Å². The maximum absolute atomic E-state index is 2.44. The molecule has 0 spiro atoms. The van der Waals surface area contributed by atoms with E-state index in [0.29, 0.717) is 0 Å².